The predicted molar refractivity (Wildman–Crippen MR) is 77.8 cm³/mol. The van der Waals surface area contributed by atoms with Crippen molar-refractivity contribution in [1.29, 1.82) is 5.26 Å². The van der Waals surface area contributed by atoms with Crippen LogP contribution in [-0.4, -0.2) is 35.6 Å². The van der Waals surface area contributed by atoms with Gasteiger partial charge in [-0.05, 0) is 18.4 Å². The molecule has 1 aromatic carbocycles. The molecule has 1 rings (SSSR count). The van der Waals surface area contributed by atoms with Crippen molar-refractivity contribution in [2.24, 2.45) is 5.92 Å². The second-order valence-corrected chi connectivity index (χ2v) is 4.77. The first-order valence-corrected chi connectivity index (χ1v) is 7.06. The largest absolute Gasteiger partial charge is 0.395 e. The van der Waals surface area contributed by atoms with E-state index in [1.165, 1.54) is 0 Å². The number of carbonyl (C=O) groups is 1. The monoisotopic (exact) mass is 274 g/mol. The minimum absolute atomic E-state index is 0.0705. The molecule has 108 valence electrons. The van der Waals surface area contributed by atoms with E-state index in [1.54, 1.807) is 4.90 Å². The maximum absolute atomic E-state index is 12.4. The van der Waals surface area contributed by atoms with Gasteiger partial charge >= 0.3 is 0 Å². The molecule has 0 radical (unpaired) electrons. The number of aliphatic hydroxyl groups excluding tert-OH is 1. The topological polar surface area (TPSA) is 64.3 Å². The Labute approximate surface area is 120 Å². The number of aliphatic hydroxyl groups is 1. The summed E-state index contributed by atoms with van der Waals surface area (Å²) in [5, 5.41) is 18.3. The summed E-state index contributed by atoms with van der Waals surface area (Å²) in [5.74, 6) is -0.861. The highest BCUT2D eigenvalue weighted by molar-refractivity contribution is 5.81. The molecule has 0 aliphatic carbocycles. The standard InChI is InChI=1S/C16H22N2O2/c1-2-3-9-18(10-11-19)16(20)15(13-17)12-14-7-5-4-6-8-14/h4-8,15,19H,2-3,9-12H2,1H3. The maximum Gasteiger partial charge on any atom is 0.240 e. The van der Waals surface area contributed by atoms with Crippen LogP contribution in [0.4, 0.5) is 0 Å². The zero-order valence-corrected chi connectivity index (χ0v) is 12.0. The van der Waals surface area contributed by atoms with Crippen LogP contribution in [-0.2, 0) is 11.2 Å². The highest BCUT2D eigenvalue weighted by Crippen LogP contribution is 2.12. The smallest absolute Gasteiger partial charge is 0.240 e. The number of benzene rings is 1. The molecule has 4 nitrogen and oxygen atoms in total. The summed E-state index contributed by atoms with van der Waals surface area (Å²) in [7, 11) is 0. The third-order valence-electron chi connectivity index (χ3n) is 3.20. The van der Waals surface area contributed by atoms with Crippen LogP contribution in [0.25, 0.3) is 0 Å². The minimum Gasteiger partial charge on any atom is -0.395 e. The third-order valence-corrected chi connectivity index (χ3v) is 3.20. The molecule has 0 aliphatic rings. The van der Waals surface area contributed by atoms with E-state index in [0.29, 0.717) is 19.5 Å². The van der Waals surface area contributed by atoms with Crippen LogP contribution >= 0.6 is 0 Å². The van der Waals surface area contributed by atoms with Crippen LogP contribution in [0.2, 0.25) is 0 Å². The van der Waals surface area contributed by atoms with Crippen molar-refractivity contribution in [2.75, 3.05) is 19.7 Å². The van der Waals surface area contributed by atoms with E-state index in [9.17, 15) is 10.1 Å². The number of nitrogens with zero attached hydrogens (tertiary/aromatic N) is 2. The van der Waals surface area contributed by atoms with E-state index in [0.717, 1.165) is 18.4 Å². The summed E-state index contributed by atoms with van der Waals surface area (Å²) in [6.45, 7) is 2.88. The van der Waals surface area contributed by atoms with Crippen LogP contribution in [0.3, 0.4) is 0 Å². The summed E-state index contributed by atoms with van der Waals surface area (Å²) in [4.78, 5) is 14.0. The molecule has 0 saturated heterocycles. The first-order chi connectivity index (χ1) is 9.72. The number of nitriles is 1. The quantitative estimate of drug-likeness (QED) is 0.788. The van der Waals surface area contributed by atoms with Crippen LogP contribution < -0.4 is 0 Å². The maximum atomic E-state index is 12.4. The number of unbranched alkanes of at least 4 members (excludes halogenated alkanes) is 1. The first kappa shape index (κ1) is 16.2. The zero-order chi connectivity index (χ0) is 14.8. The van der Waals surface area contributed by atoms with Crippen molar-refractivity contribution >= 4 is 5.91 Å². The molecule has 0 aliphatic heterocycles. The van der Waals surface area contributed by atoms with Gasteiger partial charge in [-0.1, -0.05) is 43.7 Å². The Morgan fingerprint density at radius 2 is 2.05 bits per heavy atom. The SMILES string of the molecule is CCCCN(CCO)C(=O)C(C#N)Cc1ccccc1. The van der Waals surface area contributed by atoms with Gasteiger partial charge in [-0.3, -0.25) is 4.79 Å². The molecule has 0 fully saturated rings. The normalized spacial score (nSPS) is 11.7. The second-order valence-electron chi connectivity index (χ2n) is 4.77. The molecule has 1 N–H and O–H groups in total. The minimum atomic E-state index is -0.680. The van der Waals surface area contributed by atoms with E-state index in [-0.39, 0.29) is 12.5 Å². The third kappa shape index (κ3) is 5.02. The summed E-state index contributed by atoms with van der Waals surface area (Å²) in [5.41, 5.74) is 0.979. The van der Waals surface area contributed by atoms with Crippen LogP contribution in [0.5, 0.6) is 0 Å². The number of carbonyl (C=O) groups excluding carboxylic acids is 1. The number of hydrogen-bond donors (Lipinski definition) is 1. The molecule has 1 aromatic rings. The van der Waals surface area contributed by atoms with E-state index < -0.39 is 5.92 Å². The summed E-state index contributed by atoms with van der Waals surface area (Å²) >= 11 is 0. The van der Waals surface area contributed by atoms with Gasteiger partial charge in [0.2, 0.25) is 5.91 Å². The Morgan fingerprint density at radius 1 is 1.35 bits per heavy atom. The number of rotatable bonds is 8. The predicted octanol–water partition coefficient (Wildman–Crippen LogP) is 1.99. The van der Waals surface area contributed by atoms with Gasteiger partial charge in [-0.2, -0.15) is 5.26 Å². The van der Waals surface area contributed by atoms with Gasteiger partial charge in [0.05, 0.1) is 12.7 Å². The number of amides is 1. The van der Waals surface area contributed by atoms with Crippen molar-refractivity contribution in [2.45, 2.75) is 26.2 Å². The van der Waals surface area contributed by atoms with Crippen LogP contribution in [0.15, 0.2) is 30.3 Å². The Bertz CT molecular complexity index is 440. The fourth-order valence-corrected chi connectivity index (χ4v) is 2.06. The van der Waals surface area contributed by atoms with E-state index in [4.69, 9.17) is 5.11 Å². The summed E-state index contributed by atoms with van der Waals surface area (Å²) in [6, 6.07) is 11.6. The molecule has 1 atom stereocenters. The average Bonchev–Trinajstić information content (AvgIpc) is 2.49. The molecule has 0 aromatic heterocycles. The lowest BCUT2D eigenvalue weighted by molar-refractivity contribution is -0.134. The second kappa shape index (κ2) is 9.11. The fraction of sp³-hybridized carbons (Fsp3) is 0.500. The molecule has 20 heavy (non-hydrogen) atoms. The van der Waals surface area contributed by atoms with Crippen molar-refractivity contribution in [3.05, 3.63) is 35.9 Å². The lowest BCUT2D eigenvalue weighted by Crippen LogP contribution is -2.39. The average molecular weight is 274 g/mol. The molecule has 4 heteroatoms. The van der Waals surface area contributed by atoms with E-state index in [2.05, 4.69) is 6.07 Å². The first-order valence-electron chi connectivity index (χ1n) is 7.06. The van der Waals surface area contributed by atoms with Gasteiger partial charge in [0.15, 0.2) is 0 Å². The van der Waals surface area contributed by atoms with Crippen LogP contribution in [0.1, 0.15) is 25.3 Å². The van der Waals surface area contributed by atoms with Gasteiger partial charge in [0.1, 0.15) is 5.92 Å². The summed E-state index contributed by atoms with van der Waals surface area (Å²) < 4.78 is 0. The zero-order valence-electron chi connectivity index (χ0n) is 12.0. The van der Waals surface area contributed by atoms with Crippen molar-refractivity contribution in [1.82, 2.24) is 4.90 Å². The van der Waals surface area contributed by atoms with Gasteiger partial charge < -0.3 is 10.0 Å². The summed E-state index contributed by atoms with van der Waals surface area (Å²) in [6.07, 6.45) is 2.28. The fourth-order valence-electron chi connectivity index (χ4n) is 2.06. The van der Waals surface area contributed by atoms with Gasteiger partial charge in [0.25, 0.3) is 0 Å². The Morgan fingerprint density at radius 3 is 2.60 bits per heavy atom. The molecular weight excluding hydrogens is 252 g/mol. The lowest BCUT2D eigenvalue weighted by atomic mass is 9.99. The molecule has 0 saturated carbocycles. The van der Waals surface area contributed by atoms with E-state index in [1.807, 2.05) is 37.3 Å². The lowest BCUT2D eigenvalue weighted by Gasteiger charge is -2.24. The molecule has 0 bridgehead atoms. The molecule has 0 heterocycles. The molecule has 0 spiro atoms. The Balaban J connectivity index is 2.71. The van der Waals surface area contributed by atoms with Crippen molar-refractivity contribution in [3.63, 3.8) is 0 Å². The van der Waals surface area contributed by atoms with E-state index >= 15 is 0 Å². The molecular formula is C16H22N2O2. The van der Waals surface area contributed by atoms with Crippen molar-refractivity contribution < 1.29 is 9.90 Å². The Hall–Kier alpha value is -1.86. The van der Waals surface area contributed by atoms with Gasteiger partial charge in [-0.25, -0.2) is 0 Å². The van der Waals surface area contributed by atoms with Gasteiger partial charge in [0, 0.05) is 13.1 Å². The number of hydrogen-bond acceptors (Lipinski definition) is 3. The molecule has 1 unspecified atom stereocenters. The van der Waals surface area contributed by atoms with Crippen molar-refractivity contribution in [3.8, 4) is 6.07 Å². The highest BCUT2D eigenvalue weighted by Gasteiger charge is 2.23. The highest BCUT2D eigenvalue weighted by atomic mass is 16.3. The molecule has 1 amide bonds. The van der Waals surface area contributed by atoms with Gasteiger partial charge in [-0.15, -0.1) is 0 Å². The Kier molecular flexibility index (Phi) is 7.38. The van der Waals surface area contributed by atoms with Crippen LogP contribution in [0, 0.1) is 17.2 Å².